The fourth-order valence-corrected chi connectivity index (χ4v) is 1.63. The molecule has 0 unspecified atom stereocenters. The summed E-state index contributed by atoms with van der Waals surface area (Å²) in [6.45, 7) is -0.785. The number of ether oxygens (including phenoxy) is 1. The molecule has 1 aromatic rings. The van der Waals surface area contributed by atoms with Gasteiger partial charge in [-0.25, -0.2) is 5.48 Å². The molecule has 1 rings (SSSR count). The monoisotopic (exact) mass is 292 g/mol. The van der Waals surface area contributed by atoms with Crippen LogP contribution >= 0.6 is 23.2 Å². The van der Waals surface area contributed by atoms with Crippen LogP contribution in [0.15, 0.2) is 12.1 Å². The first kappa shape index (κ1) is 14.6. The Hall–Kier alpha value is -1.50. The largest absolute Gasteiger partial charge is 0.548 e. The van der Waals surface area contributed by atoms with Crippen LogP contribution in [0.1, 0.15) is 10.4 Å². The highest BCUT2D eigenvalue weighted by molar-refractivity contribution is 6.37. The minimum absolute atomic E-state index is 0.0509. The average molecular weight is 293 g/mol. The molecule has 0 atom stereocenters. The number of amides is 1. The molecule has 0 spiro atoms. The second-order valence-corrected chi connectivity index (χ2v) is 3.84. The highest BCUT2D eigenvalue weighted by Gasteiger charge is 2.19. The van der Waals surface area contributed by atoms with Crippen LogP contribution in [-0.4, -0.2) is 25.6 Å². The van der Waals surface area contributed by atoms with Crippen LogP contribution in [-0.2, 0) is 9.63 Å². The van der Waals surface area contributed by atoms with Crippen molar-refractivity contribution < 1.29 is 24.3 Å². The number of benzene rings is 1. The van der Waals surface area contributed by atoms with Gasteiger partial charge in [-0.2, -0.15) is 0 Å². The molecular formula is C10H8Cl2NO5-. The van der Waals surface area contributed by atoms with Gasteiger partial charge in [0.15, 0.2) is 5.75 Å². The fourth-order valence-electron chi connectivity index (χ4n) is 1.16. The van der Waals surface area contributed by atoms with E-state index < -0.39 is 18.5 Å². The molecule has 0 aromatic heterocycles. The van der Waals surface area contributed by atoms with Crippen molar-refractivity contribution in [2.24, 2.45) is 0 Å². The second-order valence-electron chi connectivity index (χ2n) is 3.03. The molecule has 18 heavy (non-hydrogen) atoms. The van der Waals surface area contributed by atoms with Gasteiger partial charge in [-0.3, -0.25) is 9.63 Å². The Labute approximate surface area is 112 Å². The lowest BCUT2D eigenvalue weighted by Crippen LogP contribution is -2.33. The molecule has 0 saturated carbocycles. The molecule has 1 aromatic carbocycles. The molecule has 0 aliphatic heterocycles. The van der Waals surface area contributed by atoms with Crippen molar-refractivity contribution in [3.63, 3.8) is 0 Å². The van der Waals surface area contributed by atoms with Gasteiger partial charge in [-0.05, 0) is 12.1 Å². The summed E-state index contributed by atoms with van der Waals surface area (Å²) < 4.78 is 4.94. The number of halogens is 2. The SMILES string of the molecule is COc1c(Cl)ccc(Cl)c1C(=O)NOCC(=O)[O-]. The number of nitrogens with one attached hydrogen (secondary N) is 1. The Kier molecular flexibility index (Phi) is 5.21. The van der Waals surface area contributed by atoms with Crippen molar-refractivity contribution in [2.45, 2.75) is 0 Å². The molecule has 0 saturated heterocycles. The molecule has 1 N–H and O–H groups in total. The van der Waals surface area contributed by atoms with Gasteiger partial charge in [0.05, 0.1) is 23.1 Å². The maximum atomic E-state index is 11.7. The summed E-state index contributed by atoms with van der Waals surface area (Å²) in [7, 11) is 1.32. The van der Waals surface area contributed by atoms with Crippen LogP contribution in [0.2, 0.25) is 10.0 Å². The first-order valence-corrected chi connectivity index (χ1v) is 5.37. The quantitative estimate of drug-likeness (QED) is 0.795. The molecule has 6 nitrogen and oxygen atoms in total. The lowest BCUT2D eigenvalue weighted by molar-refractivity contribution is -0.310. The zero-order chi connectivity index (χ0) is 13.7. The number of hydroxylamine groups is 1. The number of carboxylic acids is 1. The topological polar surface area (TPSA) is 87.7 Å². The molecule has 0 fully saturated rings. The molecular weight excluding hydrogens is 285 g/mol. The molecule has 0 bridgehead atoms. The van der Waals surface area contributed by atoms with E-state index in [4.69, 9.17) is 27.9 Å². The van der Waals surface area contributed by atoms with Crippen LogP contribution in [0.4, 0.5) is 0 Å². The Bertz CT molecular complexity index is 478. The van der Waals surface area contributed by atoms with E-state index in [9.17, 15) is 14.7 Å². The molecule has 98 valence electrons. The Balaban J connectivity index is 2.91. The number of carbonyl (C=O) groups excluding carboxylic acids is 2. The highest BCUT2D eigenvalue weighted by atomic mass is 35.5. The van der Waals surface area contributed by atoms with Crippen LogP contribution in [0.3, 0.4) is 0 Å². The second kappa shape index (κ2) is 6.44. The third-order valence-corrected chi connectivity index (χ3v) is 2.46. The minimum Gasteiger partial charge on any atom is -0.548 e. The van der Waals surface area contributed by atoms with Crippen molar-refractivity contribution in [3.05, 3.63) is 27.7 Å². The Morgan fingerprint density at radius 2 is 1.94 bits per heavy atom. The van der Waals surface area contributed by atoms with Gasteiger partial charge in [0.2, 0.25) is 0 Å². The lowest BCUT2D eigenvalue weighted by Gasteiger charge is -2.12. The summed E-state index contributed by atoms with van der Waals surface area (Å²) in [6, 6.07) is 2.86. The molecule has 8 heteroatoms. The van der Waals surface area contributed by atoms with Gasteiger partial charge in [0.1, 0.15) is 12.2 Å². The zero-order valence-corrected chi connectivity index (χ0v) is 10.7. The van der Waals surface area contributed by atoms with E-state index in [-0.39, 0.29) is 21.4 Å². The third kappa shape index (κ3) is 3.49. The van der Waals surface area contributed by atoms with Gasteiger partial charge in [-0.1, -0.05) is 23.2 Å². The summed E-state index contributed by atoms with van der Waals surface area (Å²) in [5.74, 6) is -2.18. The molecule has 0 radical (unpaired) electrons. The maximum absolute atomic E-state index is 11.7. The van der Waals surface area contributed by atoms with Crippen molar-refractivity contribution in [1.29, 1.82) is 0 Å². The van der Waals surface area contributed by atoms with E-state index in [0.29, 0.717) is 0 Å². The van der Waals surface area contributed by atoms with E-state index in [1.54, 1.807) is 0 Å². The normalized spacial score (nSPS) is 9.94. The molecule has 0 heterocycles. The van der Waals surface area contributed by atoms with Crippen LogP contribution in [0, 0.1) is 0 Å². The number of carbonyl (C=O) groups is 2. The Morgan fingerprint density at radius 1 is 1.33 bits per heavy atom. The summed E-state index contributed by atoms with van der Waals surface area (Å²) in [5, 5.41) is 10.4. The summed E-state index contributed by atoms with van der Waals surface area (Å²) >= 11 is 11.7. The predicted molar refractivity (Wildman–Crippen MR) is 61.4 cm³/mol. The van der Waals surface area contributed by atoms with E-state index in [1.165, 1.54) is 19.2 Å². The van der Waals surface area contributed by atoms with Crippen molar-refractivity contribution in [3.8, 4) is 5.75 Å². The summed E-state index contributed by atoms with van der Waals surface area (Å²) in [4.78, 5) is 26.2. The van der Waals surface area contributed by atoms with Gasteiger partial charge in [-0.15, -0.1) is 0 Å². The van der Waals surface area contributed by atoms with E-state index >= 15 is 0 Å². The molecule has 0 aliphatic carbocycles. The summed E-state index contributed by atoms with van der Waals surface area (Å²) in [6.07, 6.45) is 0. The van der Waals surface area contributed by atoms with Crippen molar-refractivity contribution in [1.82, 2.24) is 5.48 Å². The number of hydrogen-bond acceptors (Lipinski definition) is 5. The number of hydrogen-bond donors (Lipinski definition) is 1. The molecule has 0 aliphatic rings. The fraction of sp³-hybridized carbons (Fsp3) is 0.200. The van der Waals surface area contributed by atoms with Crippen LogP contribution in [0.25, 0.3) is 0 Å². The van der Waals surface area contributed by atoms with Crippen LogP contribution < -0.4 is 15.3 Å². The zero-order valence-electron chi connectivity index (χ0n) is 9.16. The first-order chi connectivity index (χ1) is 8.47. The third-order valence-electron chi connectivity index (χ3n) is 1.84. The van der Waals surface area contributed by atoms with E-state index in [0.717, 1.165) is 0 Å². The molecule has 1 amide bonds. The minimum atomic E-state index is -1.47. The number of aliphatic carboxylic acids is 1. The lowest BCUT2D eigenvalue weighted by atomic mass is 10.2. The van der Waals surface area contributed by atoms with Gasteiger partial charge in [0, 0.05) is 0 Å². The van der Waals surface area contributed by atoms with E-state index in [1.807, 2.05) is 5.48 Å². The average Bonchev–Trinajstić information content (AvgIpc) is 2.30. The number of methoxy groups -OCH3 is 1. The maximum Gasteiger partial charge on any atom is 0.280 e. The number of carboxylic acid groups (broad SMARTS) is 1. The van der Waals surface area contributed by atoms with Crippen molar-refractivity contribution in [2.75, 3.05) is 13.7 Å². The Morgan fingerprint density at radius 3 is 2.50 bits per heavy atom. The number of rotatable bonds is 5. The predicted octanol–water partition coefficient (Wildman–Crippen LogP) is 0.413. The van der Waals surface area contributed by atoms with Crippen LogP contribution in [0.5, 0.6) is 5.75 Å². The first-order valence-electron chi connectivity index (χ1n) is 4.61. The summed E-state index contributed by atoms with van der Waals surface area (Å²) in [5.41, 5.74) is 1.84. The standard InChI is InChI=1S/C10H9Cl2NO5/c1-17-9-6(12)3-2-5(11)8(9)10(16)13-18-4-7(14)15/h2-3H,4H2,1H3,(H,13,16)(H,14,15)/p-1. The van der Waals surface area contributed by atoms with Crippen molar-refractivity contribution >= 4 is 35.1 Å². The highest BCUT2D eigenvalue weighted by Crippen LogP contribution is 2.33. The van der Waals surface area contributed by atoms with Gasteiger partial charge < -0.3 is 14.6 Å². The van der Waals surface area contributed by atoms with Gasteiger partial charge >= 0.3 is 0 Å². The van der Waals surface area contributed by atoms with E-state index in [2.05, 4.69) is 4.84 Å². The van der Waals surface area contributed by atoms with Gasteiger partial charge in [0.25, 0.3) is 5.91 Å². The smallest absolute Gasteiger partial charge is 0.280 e.